The Kier molecular flexibility index (Phi) is 11.8. The highest BCUT2D eigenvalue weighted by atomic mass is 32.2. The van der Waals surface area contributed by atoms with E-state index in [0.29, 0.717) is 5.75 Å². The number of nitrogens with two attached hydrogens (primary N) is 2. The highest BCUT2D eigenvalue weighted by Crippen LogP contribution is 2.01. The molecule has 0 bridgehead atoms. The van der Waals surface area contributed by atoms with Gasteiger partial charge in [-0.15, -0.1) is 0 Å². The van der Waals surface area contributed by atoms with E-state index in [9.17, 15) is 24.0 Å². The number of rotatable bonds is 13. The summed E-state index contributed by atoms with van der Waals surface area (Å²) in [5.74, 6) is -4.11. The standard InChI is InChI=1S/C14H25N5O7S/c1-27-3-2-8(14(25)26)18-11(22)5-17-13(24)9(4-10(16)21)19-12(23)7(15)6-20/h7-9,20H,2-6,15H2,1H3,(H2,16,21)(H,17,24)(H,18,22)(H,19,23)(H,25,26). The Labute approximate surface area is 159 Å². The van der Waals surface area contributed by atoms with Gasteiger partial charge in [0.1, 0.15) is 18.1 Å². The molecule has 0 saturated carbocycles. The SMILES string of the molecule is CSCCC(NC(=O)CNC(=O)C(CC(N)=O)NC(=O)C(N)CO)C(=O)O. The van der Waals surface area contributed by atoms with Gasteiger partial charge < -0.3 is 37.6 Å². The minimum absolute atomic E-state index is 0.204. The van der Waals surface area contributed by atoms with Crippen LogP contribution in [0.4, 0.5) is 0 Å². The fourth-order valence-corrected chi connectivity index (χ4v) is 2.27. The Balaban J connectivity index is 4.73. The summed E-state index contributed by atoms with van der Waals surface area (Å²) >= 11 is 1.42. The second-order valence-corrected chi connectivity index (χ2v) is 6.46. The van der Waals surface area contributed by atoms with Crippen LogP contribution in [-0.4, -0.2) is 83.1 Å². The molecule has 0 rings (SSSR count). The van der Waals surface area contributed by atoms with Gasteiger partial charge in [-0.1, -0.05) is 0 Å². The quantitative estimate of drug-likeness (QED) is 0.159. The zero-order chi connectivity index (χ0) is 21.0. The predicted octanol–water partition coefficient (Wildman–Crippen LogP) is -3.90. The minimum Gasteiger partial charge on any atom is -0.480 e. The van der Waals surface area contributed by atoms with Gasteiger partial charge in [-0.2, -0.15) is 11.8 Å². The largest absolute Gasteiger partial charge is 0.480 e. The number of carbonyl (C=O) groups is 5. The normalized spacial score (nSPS) is 13.7. The summed E-state index contributed by atoms with van der Waals surface area (Å²) < 4.78 is 0. The summed E-state index contributed by atoms with van der Waals surface area (Å²) in [4.78, 5) is 57.7. The molecule has 0 radical (unpaired) electrons. The summed E-state index contributed by atoms with van der Waals surface area (Å²) in [5.41, 5.74) is 10.3. The number of aliphatic hydroxyl groups is 1. The number of amides is 4. The van der Waals surface area contributed by atoms with Gasteiger partial charge in [-0.05, 0) is 18.4 Å². The minimum atomic E-state index is -1.40. The van der Waals surface area contributed by atoms with Crippen LogP contribution in [0.1, 0.15) is 12.8 Å². The first-order valence-electron chi connectivity index (χ1n) is 7.86. The van der Waals surface area contributed by atoms with Crippen molar-refractivity contribution in [3.05, 3.63) is 0 Å². The molecule has 12 nitrogen and oxygen atoms in total. The molecule has 0 aliphatic carbocycles. The summed E-state index contributed by atoms with van der Waals surface area (Å²) in [7, 11) is 0. The molecule has 27 heavy (non-hydrogen) atoms. The smallest absolute Gasteiger partial charge is 0.326 e. The summed E-state index contributed by atoms with van der Waals surface area (Å²) in [6.45, 7) is -1.25. The first-order valence-corrected chi connectivity index (χ1v) is 9.25. The van der Waals surface area contributed by atoms with Crippen LogP contribution in [0.25, 0.3) is 0 Å². The van der Waals surface area contributed by atoms with E-state index in [-0.39, 0.29) is 6.42 Å². The molecule has 0 fully saturated rings. The van der Waals surface area contributed by atoms with E-state index in [1.54, 1.807) is 6.26 Å². The molecule has 0 aromatic rings. The maximum absolute atomic E-state index is 12.1. The van der Waals surface area contributed by atoms with Crippen LogP contribution in [0.3, 0.4) is 0 Å². The summed E-state index contributed by atoms with van der Waals surface area (Å²) in [5, 5.41) is 24.4. The summed E-state index contributed by atoms with van der Waals surface area (Å²) in [6.07, 6.45) is 1.44. The maximum Gasteiger partial charge on any atom is 0.326 e. The van der Waals surface area contributed by atoms with Gasteiger partial charge in [-0.25, -0.2) is 4.79 Å². The Morgan fingerprint density at radius 3 is 2.19 bits per heavy atom. The van der Waals surface area contributed by atoms with Gasteiger partial charge >= 0.3 is 5.97 Å². The lowest BCUT2D eigenvalue weighted by atomic mass is 10.1. The Morgan fingerprint density at radius 2 is 1.70 bits per heavy atom. The average molecular weight is 407 g/mol. The monoisotopic (exact) mass is 407 g/mol. The number of carboxylic acid groups (broad SMARTS) is 1. The molecule has 0 spiro atoms. The molecule has 3 unspecified atom stereocenters. The highest BCUT2D eigenvalue weighted by molar-refractivity contribution is 7.98. The number of carbonyl (C=O) groups excluding carboxylic acids is 4. The van der Waals surface area contributed by atoms with Gasteiger partial charge in [0.2, 0.25) is 23.6 Å². The van der Waals surface area contributed by atoms with Crippen molar-refractivity contribution >= 4 is 41.4 Å². The zero-order valence-corrected chi connectivity index (χ0v) is 15.6. The van der Waals surface area contributed by atoms with Crippen LogP contribution in [0.15, 0.2) is 0 Å². The topological polar surface area (TPSA) is 214 Å². The lowest BCUT2D eigenvalue weighted by molar-refractivity contribution is -0.141. The number of hydrogen-bond acceptors (Lipinski definition) is 8. The average Bonchev–Trinajstić information content (AvgIpc) is 2.60. The molecule has 0 aromatic carbocycles. The van der Waals surface area contributed by atoms with Crippen molar-refractivity contribution in [3.8, 4) is 0 Å². The first-order chi connectivity index (χ1) is 12.6. The maximum atomic E-state index is 12.1. The molecule has 154 valence electrons. The van der Waals surface area contributed by atoms with Crippen molar-refractivity contribution in [1.82, 2.24) is 16.0 Å². The van der Waals surface area contributed by atoms with E-state index >= 15 is 0 Å². The van der Waals surface area contributed by atoms with Gasteiger partial charge in [0.15, 0.2) is 0 Å². The fraction of sp³-hybridized carbons (Fsp3) is 0.643. The van der Waals surface area contributed by atoms with Crippen LogP contribution < -0.4 is 27.4 Å². The van der Waals surface area contributed by atoms with Crippen molar-refractivity contribution in [2.75, 3.05) is 25.2 Å². The predicted molar refractivity (Wildman–Crippen MR) is 96.4 cm³/mol. The van der Waals surface area contributed by atoms with Crippen molar-refractivity contribution < 1.29 is 34.2 Å². The molecule has 9 N–H and O–H groups in total. The Morgan fingerprint density at radius 1 is 1.07 bits per heavy atom. The molecular weight excluding hydrogens is 382 g/mol. The van der Waals surface area contributed by atoms with Crippen LogP contribution >= 0.6 is 11.8 Å². The number of aliphatic carboxylic acids is 1. The lowest BCUT2D eigenvalue weighted by Crippen LogP contribution is -2.55. The highest BCUT2D eigenvalue weighted by Gasteiger charge is 2.26. The van der Waals surface area contributed by atoms with Gasteiger partial charge in [0.05, 0.1) is 19.6 Å². The molecular formula is C14H25N5O7S. The summed E-state index contributed by atoms with van der Waals surface area (Å²) in [6, 6.07) is -3.80. The Bertz CT molecular complexity index is 560. The molecule has 0 aromatic heterocycles. The molecule has 13 heteroatoms. The number of hydrogen-bond donors (Lipinski definition) is 7. The van der Waals surface area contributed by atoms with Crippen molar-refractivity contribution in [3.63, 3.8) is 0 Å². The van der Waals surface area contributed by atoms with E-state index in [1.807, 2.05) is 0 Å². The van der Waals surface area contributed by atoms with Crippen LogP contribution in [0.2, 0.25) is 0 Å². The zero-order valence-electron chi connectivity index (χ0n) is 14.8. The molecule has 0 aliphatic rings. The Hall–Kier alpha value is -2.38. The van der Waals surface area contributed by atoms with Crippen molar-refractivity contribution in [2.45, 2.75) is 31.0 Å². The van der Waals surface area contributed by atoms with Crippen molar-refractivity contribution in [2.24, 2.45) is 11.5 Å². The second-order valence-electron chi connectivity index (χ2n) is 5.48. The van der Waals surface area contributed by atoms with Gasteiger partial charge in [-0.3, -0.25) is 19.2 Å². The van der Waals surface area contributed by atoms with Crippen LogP contribution in [0.5, 0.6) is 0 Å². The number of nitrogens with one attached hydrogen (secondary N) is 3. The molecule has 0 heterocycles. The third-order valence-corrected chi connectivity index (χ3v) is 3.88. The number of primary amides is 1. The molecule has 0 saturated heterocycles. The first kappa shape index (κ1) is 24.6. The number of thioether (sulfide) groups is 1. The molecule has 0 aliphatic heterocycles. The number of aliphatic hydroxyl groups excluding tert-OH is 1. The second kappa shape index (κ2) is 12.9. The third kappa shape index (κ3) is 10.4. The van der Waals surface area contributed by atoms with E-state index < -0.39 is 67.3 Å². The lowest BCUT2D eigenvalue weighted by Gasteiger charge is -2.19. The van der Waals surface area contributed by atoms with Gasteiger partial charge in [0.25, 0.3) is 0 Å². The molecule has 4 amide bonds. The van der Waals surface area contributed by atoms with E-state index in [4.69, 9.17) is 21.7 Å². The van der Waals surface area contributed by atoms with E-state index in [1.165, 1.54) is 11.8 Å². The van der Waals surface area contributed by atoms with Crippen LogP contribution in [-0.2, 0) is 24.0 Å². The van der Waals surface area contributed by atoms with Crippen molar-refractivity contribution in [1.29, 1.82) is 0 Å². The van der Waals surface area contributed by atoms with Gasteiger partial charge in [0, 0.05) is 0 Å². The third-order valence-electron chi connectivity index (χ3n) is 3.24. The molecule has 3 atom stereocenters. The van der Waals surface area contributed by atoms with Crippen LogP contribution in [0, 0.1) is 0 Å². The van der Waals surface area contributed by atoms with E-state index in [2.05, 4.69) is 16.0 Å². The number of carboxylic acids is 1. The fourth-order valence-electron chi connectivity index (χ4n) is 1.80. The van der Waals surface area contributed by atoms with E-state index in [0.717, 1.165) is 0 Å².